The molecule has 0 radical (unpaired) electrons. The average Bonchev–Trinajstić information content (AvgIpc) is 2.92. The van der Waals surface area contributed by atoms with Crippen LogP contribution < -0.4 is 5.32 Å². The molecule has 2 saturated heterocycles. The highest BCUT2D eigenvalue weighted by molar-refractivity contribution is 5.96. The van der Waals surface area contributed by atoms with E-state index in [0.29, 0.717) is 12.1 Å². The van der Waals surface area contributed by atoms with Gasteiger partial charge in [-0.2, -0.15) is 0 Å². The molecule has 2 unspecified atom stereocenters. The number of anilines is 1. The van der Waals surface area contributed by atoms with Crippen molar-refractivity contribution in [3.05, 3.63) is 29.3 Å². The fourth-order valence-corrected chi connectivity index (χ4v) is 3.68. The average molecular weight is 287 g/mol. The molecular weight excluding hydrogens is 262 g/mol. The van der Waals surface area contributed by atoms with Gasteiger partial charge in [0, 0.05) is 43.5 Å². The summed E-state index contributed by atoms with van der Waals surface area (Å²) in [6.07, 6.45) is 2.50. The zero-order valence-corrected chi connectivity index (χ0v) is 13.2. The Morgan fingerprint density at radius 2 is 2.14 bits per heavy atom. The van der Waals surface area contributed by atoms with Crippen molar-refractivity contribution in [1.29, 1.82) is 0 Å². The number of carbonyl (C=O) groups excluding carboxylic acids is 1. The van der Waals surface area contributed by atoms with Crippen molar-refractivity contribution in [2.45, 2.75) is 38.8 Å². The minimum Gasteiger partial charge on any atom is -0.388 e. The molecule has 1 aromatic rings. The molecule has 4 heteroatoms. The van der Waals surface area contributed by atoms with Crippen molar-refractivity contribution in [2.24, 2.45) is 0 Å². The molecule has 0 saturated carbocycles. The van der Waals surface area contributed by atoms with E-state index >= 15 is 0 Å². The van der Waals surface area contributed by atoms with E-state index in [1.807, 2.05) is 32.2 Å². The maximum absolute atomic E-state index is 12.9. The summed E-state index contributed by atoms with van der Waals surface area (Å²) in [7, 11) is 1.90. The molecule has 1 amide bonds. The molecule has 0 bridgehead atoms. The van der Waals surface area contributed by atoms with E-state index in [4.69, 9.17) is 0 Å². The number of aryl methyl sites for hydroxylation is 1. The molecule has 4 nitrogen and oxygen atoms in total. The Kier molecular flexibility index (Phi) is 3.89. The lowest BCUT2D eigenvalue weighted by molar-refractivity contribution is 0.0395. The van der Waals surface area contributed by atoms with E-state index in [1.54, 1.807) is 0 Å². The standard InChI is InChI=1S/C17H25N3O/c1-12-9-14(18-3)6-7-16(12)17(21)20-11-15-5-4-8-19(15)10-13(20)2/h6-7,9,13,15,18H,4-5,8,10-11H2,1-3H3. The van der Waals surface area contributed by atoms with E-state index in [0.717, 1.165) is 29.9 Å². The van der Waals surface area contributed by atoms with Gasteiger partial charge in [0.05, 0.1) is 0 Å². The highest BCUT2D eigenvalue weighted by Gasteiger charge is 2.36. The zero-order chi connectivity index (χ0) is 15.0. The molecule has 0 aromatic heterocycles. The summed E-state index contributed by atoms with van der Waals surface area (Å²) in [4.78, 5) is 17.5. The molecule has 1 N–H and O–H groups in total. The van der Waals surface area contributed by atoms with Gasteiger partial charge in [0.25, 0.3) is 5.91 Å². The van der Waals surface area contributed by atoms with Gasteiger partial charge in [-0.3, -0.25) is 9.69 Å². The van der Waals surface area contributed by atoms with E-state index in [-0.39, 0.29) is 5.91 Å². The van der Waals surface area contributed by atoms with E-state index in [9.17, 15) is 4.79 Å². The molecule has 3 rings (SSSR count). The van der Waals surface area contributed by atoms with Crippen LogP contribution in [0.1, 0.15) is 35.7 Å². The van der Waals surface area contributed by atoms with Gasteiger partial charge < -0.3 is 10.2 Å². The van der Waals surface area contributed by atoms with Crippen LogP contribution in [0.25, 0.3) is 0 Å². The van der Waals surface area contributed by atoms with Crippen molar-refractivity contribution >= 4 is 11.6 Å². The molecule has 21 heavy (non-hydrogen) atoms. The third-order valence-electron chi connectivity index (χ3n) is 4.94. The van der Waals surface area contributed by atoms with Crippen molar-refractivity contribution in [2.75, 3.05) is 32.0 Å². The Bertz CT molecular complexity index is 543. The Labute approximate surface area is 127 Å². The molecule has 2 heterocycles. The lowest BCUT2D eigenvalue weighted by atomic mass is 10.0. The number of amides is 1. The molecule has 114 valence electrons. The van der Waals surface area contributed by atoms with Crippen molar-refractivity contribution in [3.8, 4) is 0 Å². The predicted octanol–water partition coefficient (Wildman–Crippen LogP) is 2.35. The third-order valence-corrected chi connectivity index (χ3v) is 4.94. The van der Waals surface area contributed by atoms with Crippen molar-refractivity contribution < 1.29 is 4.79 Å². The minimum atomic E-state index is 0.189. The molecular formula is C17H25N3O. The van der Waals surface area contributed by atoms with Gasteiger partial charge in [0.1, 0.15) is 0 Å². The topological polar surface area (TPSA) is 35.6 Å². The van der Waals surface area contributed by atoms with Gasteiger partial charge in [-0.1, -0.05) is 0 Å². The number of carbonyl (C=O) groups is 1. The van der Waals surface area contributed by atoms with Gasteiger partial charge in [0.2, 0.25) is 0 Å². The highest BCUT2D eigenvalue weighted by Crippen LogP contribution is 2.26. The van der Waals surface area contributed by atoms with Crippen LogP contribution in [0.3, 0.4) is 0 Å². The first-order valence-electron chi connectivity index (χ1n) is 7.93. The Balaban J connectivity index is 1.81. The normalized spacial score (nSPS) is 25.8. The summed E-state index contributed by atoms with van der Waals surface area (Å²) in [5, 5.41) is 3.12. The van der Waals surface area contributed by atoms with Gasteiger partial charge >= 0.3 is 0 Å². The molecule has 0 spiro atoms. The number of hydrogen-bond acceptors (Lipinski definition) is 3. The molecule has 2 aliphatic rings. The Hall–Kier alpha value is -1.55. The quantitative estimate of drug-likeness (QED) is 0.907. The monoisotopic (exact) mass is 287 g/mol. The second-order valence-electron chi connectivity index (χ2n) is 6.38. The molecule has 2 atom stereocenters. The van der Waals surface area contributed by atoms with Crippen LogP contribution in [0.5, 0.6) is 0 Å². The van der Waals surface area contributed by atoms with Gasteiger partial charge in [-0.15, -0.1) is 0 Å². The summed E-state index contributed by atoms with van der Waals surface area (Å²) in [6, 6.07) is 6.86. The second kappa shape index (κ2) is 5.68. The summed E-state index contributed by atoms with van der Waals surface area (Å²) in [6.45, 7) is 7.29. The number of piperazine rings is 1. The zero-order valence-electron chi connectivity index (χ0n) is 13.2. The predicted molar refractivity (Wildman–Crippen MR) is 85.8 cm³/mol. The maximum Gasteiger partial charge on any atom is 0.254 e. The lowest BCUT2D eigenvalue weighted by Gasteiger charge is -2.42. The SMILES string of the molecule is CNc1ccc(C(=O)N2CC3CCCN3CC2C)c(C)c1. The summed E-state index contributed by atoms with van der Waals surface area (Å²) >= 11 is 0. The van der Waals surface area contributed by atoms with Crippen molar-refractivity contribution in [3.63, 3.8) is 0 Å². The third kappa shape index (κ3) is 2.64. The van der Waals surface area contributed by atoms with E-state index < -0.39 is 0 Å². The minimum absolute atomic E-state index is 0.189. The maximum atomic E-state index is 12.9. The van der Waals surface area contributed by atoms with Crippen LogP contribution >= 0.6 is 0 Å². The van der Waals surface area contributed by atoms with Gasteiger partial charge in [0.15, 0.2) is 0 Å². The first-order valence-corrected chi connectivity index (χ1v) is 7.93. The summed E-state index contributed by atoms with van der Waals surface area (Å²) in [5.41, 5.74) is 2.94. The first kappa shape index (κ1) is 14.4. The van der Waals surface area contributed by atoms with Crippen LogP contribution in [-0.4, -0.2) is 54.5 Å². The van der Waals surface area contributed by atoms with Crippen LogP contribution in [0.2, 0.25) is 0 Å². The first-order chi connectivity index (χ1) is 10.1. The largest absolute Gasteiger partial charge is 0.388 e. The van der Waals surface area contributed by atoms with Crippen LogP contribution in [0.4, 0.5) is 5.69 Å². The van der Waals surface area contributed by atoms with Crippen LogP contribution in [0.15, 0.2) is 18.2 Å². The molecule has 2 fully saturated rings. The highest BCUT2D eigenvalue weighted by atomic mass is 16.2. The molecule has 0 aliphatic carbocycles. The van der Waals surface area contributed by atoms with Gasteiger partial charge in [-0.25, -0.2) is 0 Å². The fourth-order valence-electron chi connectivity index (χ4n) is 3.68. The number of benzene rings is 1. The van der Waals surface area contributed by atoms with E-state index in [1.165, 1.54) is 19.4 Å². The molecule has 1 aromatic carbocycles. The van der Waals surface area contributed by atoms with Crippen LogP contribution in [0, 0.1) is 6.92 Å². The number of nitrogens with one attached hydrogen (secondary N) is 1. The smallest absolute Gasteiger partial charge is 0.254 e. The number of hydrogen-bond donors (Lipinski definition) is 1. The van der Waals surface area contributed by atoms with Gasteiger partial charge in [-0.05, 0) is 57.0 Å². The fraction of sp³-hybridized carbons (Fsp3) is 0.588. The summed E-state index contributed by atoms with van der Waals surface area (Å²) < 4.78 is 0. The summed E-state index contributed by atoms with van der Waals surface area (Å²) in [5.74, 6) is 0.189. The van der Waals surface area contributed by atoms with E-state index in [2.05, 4.69) is 22.0 Å². The Morgan fingerprint density at radius 3 is 2.86 bits per heavy atom. The number of fused-ring (bicyclic) bond motifs is 1. The number of rotatable bonds is 2. The molecule has 2 aliphatic heterocycles. The van der Waals surface area contributed by atoms with Crippen LogP contribution in [-0.2, 0) is 0 Å². The number of nitrogens with zero attached hydrogens (tertiary/aromatic N) is 2. The van der Waals surface area contributed by atoms with Crippen molar-refractivity contribution in [1.82, 2.24) is 9.80 Å². The lowest BCUT2D eigenvalue weighted by Crippen LogP contribution is -2.56. The Morgan fingerprint density at radius 1 is 1.33 bits per heavy atom. The second-order valence-corrected chi connectivity index (χ2v) is 6.38.